The van der Waals surface area contributed by atoms with Crippen LogP contribution in [0.5, 0.6) is 5.75 Å². The highest BCUT2D eigenvalue weighted by Crippen LogP contribution is 2.22. The first-order valence-corrected chi connectivity index (χ1v) is 7.12. The Morgan fingerprint density at radius 2 is 1.95 bits per heavy atom. The van der Waals surface area contributed by atoms with Crippen molar-refractivity contribution in [2.45, 2.75) is 4.90 Å². The predicted octanol–water partition coefficient (Wildman–Crippen LogP) is 2.22. The summed E-state index contributed by atoms with van der Waals surface area (Å²) in [5, 5.41) is 0. The Kier molecular flexibility index (Phi) is 3.80. The van der Waals surface area contributed by atoms with Crippen molar-refractivity contribution in [1.82, 2.24) is 0 Å². The van der Waals surface area contributed by atoms with E-state index in [9.17, 15) is 12.8 Å². The van der Waals surface area contributed by atoms with E-state index in [4.69, 9.17) is 10.5 Å². The zero-order valence-corrected chi connectivity index (χ0v) is 11.4. The first-order chi connectivity index (χ1) is 9.40. The summed E-state index contributed by atoms with van der Waals surface area (Å²) in [4.78, 5) is -0.238. The number of rotatable bonds is 4. The molecule has 0 aliphatic carbocycles. The van der Waals surface area contributed by atoms with Gasteiger partial charge in [0.05, 0.1) is 17.7 Å². The van der Waals surface area contributed by atoms with E-state index in [0.717, 1.165) is 12.1 Å². The van der Waals surface area contributed by atoms with Crippen LogP contribution in [0, 0.1) is 5.82 Å². The number of anilines is 2. The second-order valence-electron chi connectivity index (χ2n) is 4.06. The second-order valence-corrected chi connectivity index (χ2v) is 5.74. The average Bonchev–Trinajstić information content (AvgIpc) is 2.37. The van der Waals surface area contributed by atoms with Gasteiger partial charge in [-0.05, 0) is 30.3 Å². The first kappa shape index (κ1) is 14.1. The van der Waals surface area contributed by atoms with E-state index < -0.39 is 15.8 Å². The molecule has 0 spiro atoms. The van der Waals surface area contributed by atoms with Gasteiger partial charge < -0.3 is 10.5 Å². The van der Waals surface area contributed by atoms with Crippen molar-refractivity contribution >= 4 is 21.4 Å². The van der Waals surface area contributed by atoms with Crippen LogP contribution in [0.25, 0.3) is 0 Å². The molecule has 106 valence electrons. The maximum absolute atomic E-state index is 13.2. The Bertz CT molecular complexity index is 712. The summed E-state index contributed by atoms with van der Waals surface area (Å²) in [6, 6.07) is 9.52. The molecular formula is C13H13FN2O3S. The number of benzene rings is 2. The van der Waals surface area contributed by atoms with Crippen molar-refractivity contribution in [3.8, 4) is 5.75 Å². The number of methoxy groups -OCH3 is 1. The molecule has 2 aromatic carbocycles. The lowest BCUT2D eigenvalue weighted by Gasteiger charge is -2.10. The largest absolute Gasteiger partial charge is 0.497 e. The van der Waals surface area contributed by atoms with E-state index in [1.807, 2.05) is 0 Å². The molecule has 3 N–H and O–H groups in total. The Morgan fingerprint density at radius 1 is 1.20 bits per heavy atom. The van der Waals surface area contributed by atoms with E-state index in [1.54, 1.807) is 18.2 Å². The van der Waals surface area contributed by atoms with Crippen LogP contribution in [0.15, 0.2) is 47.4 Å². The molecule has 2 rings (SSSR count). The minimum Gasteiger partial charge on any atom is -0.497 e. The standard InChI is InChI=1S/C13H13FN2O3S/c1-19-12-4-2-3-11(8-12)16-20(17,18)13-6-9(14)5-10(15)7-13/h2-8,16H,15H2,1H3. The van der Waals surface area contributed by atoms with Crippen molar-refractivity contribution in [3.05, 3.63) is 48.3 Å². The van der Waals surface area contributed by atoms with Crippen LogP contribution in [-0.2, 0) is 10.0 Å². The fraction of sp³-hybridized carbons (Fsp3) is 0.0769. The molecule has 0 saturated heterocycles. The molecule has 2 aromatic rings. The molecule has 20 heavy (non-hydrogen) atoms. The molecule has 0 bridgehead atoms. The predicted molar refractivity (Wildman–Crippen MR) is 74.6 cm³/mol. The molecule has 0 aliphatic rings. The van der Waals surface area contributed by atoms with Gasteiger partial charge in [-0.3, -0.25) is 4.72 Å². The number of ether oxygens (including phenoxy) is 1. The van der Waals surface area contributed by atoms with Crippen LogP contribution >= 0.6 is 0 Å². The number of nitrogen functional groups attached to an aromatic ring is 1. The summed E-state index contributed by atoms with van der Waals surface area (Å²) in [5.74, 6) is -0.208. The highest BCUT2D eigenvalue weighted by molar-refractivity contribution is 7.92. The number of halogens is 1. The number of hydrogen-bond acceptors (Lipinski definition) is 4. The SMILES string of the molecule is COc1cccc(NS(=O)(=O)c2cc(N)cc(F)c2)c1. The molecule has 0 heterocycles. The smallest absolute Gasteiger partial charge is 0.262 e. The zero-order valence-electron chi connectivity index (χ0n) is 10.6. The van der Waals surface area contributed by atoms with Gasteiger partial charge in [0.15, 0.2) is 0 Å². The van der Waals surface area contributed by atoms with Crippen LogP contribution in [0.4, 0.5) is 15.8 Å². The lowest BCUT2D eigenvalue weighted by molar-refractivity contribution is 0.415. The summed E-state index contributed by atoms with van der Waals surface area (Å²) in [6.07, 6.45) is 0. The van der Waals surface area contributed by atoms with E-state index in [-0.39, 0.29) is 10.6 Å². The highest BCUT2D eigenvalue weighted by atomic mass is 32.2. The molecule has 0 aliphatic heterocycles. The van der Waals surface area contributed by atoms with Crippen molar-refractivity contribution < 1.29 is 17.5 Å². The lowest BCUT2D eigenvalue weighted by Crippen LogP contribution is -2.13. The van der Waals surface area contributed by atoms with E-state index in [2.05, 4.69) is 4.72 Å². The number of nitrogens with two attached hydrogens (primary N) is 1. The Labute approximate surface area is 116 Å². The van der Waals surface area contributed by atoms with Gasteiger partial charge in [-0.15, -0.1) is 0 Å². The van der Waals surface area contributed by atoms with Gasteiger partial charge in [-0.2, -0.15) is 0 Å². The lowest BCUT2D eigenvalue weighted by atomic mass is 10.3. The maximum Gasteiger partial charge on any atom is 0.262 e. The van der Waals surface area contributed by atoms with Gasteiger partial charge in [-0.25, -0.2) is 12.8 Å². The Hall–Kier alpha value is -2.28. The van der Waals surface area contributed by atoms with Crippen molar-refractivity contribution in [3.63, 3.8) is 0 Å². The minimum absolute atomic E-state index is 0.0380. The summed E-state index contributed by atoms with van der Waals surface area (Å²) >= 11 is 0. The van der Waals surface area contributed by atoms with Crippen molar-refractivity contribution in [1.29, 1.82) is 0 Å². The molecule has 0 fully saturated rings. The van der Waals surface area contributed by atoms with Crippen molar-refractivity contribution in [2.75, 3.05) is 17.6 Å². The zero-order chi connectivity index (χ0) is 14.8. The third-order valence-electron chi connectivity index (χ3n) is 2.53. The molecule has 7 heteroatoms. The maximum atomic E-state index is 13.2. The quantitative estimate of drug-likeness (QED) is 0.848. The number of hydrogen-bond donors (Lipinski definition) is 2. The summed E-state index contributed by atoms with van der Waals surface area (Å²) < 4.78 is 44.8. The molecule has 0 unspecified atom stereocenters. The fourth-order valence-electron chi connectivity index (χ4n) is 1.64. The third-order valence-corrected chi connectivity index (χ3v) is 3.89. The third kappa shape index (κ3) is 3.18. The molecule has 0 saturated carbocycles. The summed E-state index contributed by atoms with van der Waals surface area (Å²) in [5.41, 5.74) is 5.79. The highest BCUT2D eigenvalue weighted by Gasteiger charge is 2.16. The molecule has 0 atom stereocenters. The molecule has 0 amide bonds. The molecule has 0 aromatic heterocycles. The first-order valence-electron chi connectivity index (χ1n) is 5.64. The van der Waals surface area contributed by atoms with Gasteiger partial charge in [0.25, 0.3) is 10.0 Å². The Morgan fingerprint density at radius 3 is 2.60 bits per heavy atom. The summed E-state index contributed by atoms with van der Waals surface area (Å²) in [6.45, 7) is 0. The van der Waals surface area contributed by atoms with Crippen LogP contribution in [0.3, 0.4) is 0 Å². The minimum atomic E-state index is -3.91. The van der Waals surface area contributed by atoms with Crippen LogP contribution in [-0.4, -0.2) is 15.5 Å². The monoisotopic (exact) mass is 296 g/mol. The normalized spacial score (nSPS) is 11.1. The van der Waals surface area contributed by atoms with Gasteiger partial charge in [0.1, 0.15) is 11.6 Å². The van der Waals surface area contributed by atoms with Crippen LogP contribution in [0.1, 0.15) is 0 Å². The summed E-state index contributed by atoms with van der Waals surface area (Å²) in [7, 11) is -2.44. The van der Waals surface area contributed by atoms with Gasteiger partial charge in [0.2, 0.25) is 0 Å². The second kappa shape index (κ2) is 5.38. The van der Waals surface area contributed by atoms with E-state index >= 15 is 0 Å². The van der Waals surface area contributed by atoms with Gasteiger partial charge >= 0.3 is 0 Å². The molecule has 0 radical (unpaired) electrons. The number of nitrogens with one attached hydrogen (secondary N) is 1. The van der Waals surface area contributed by atoms with E-state index in [1.165, 1.54) is 19.2 Å². The van der Waals surface area contributed by atoms with Crippen LogP contribution < -0.4 is 15.2 Å². The van der Waals surface area contributed by atoms with Gasteiger partial charge in [0, 0.05) is 11.8 Å². The molecular weight excluding hydrogens is 283 g/mol. The fourth-order valence-corrected chi connectivity index (χ4v) is 2.75. The average molecular weight is 296 g/mol. The Balaban J connectivity index is 2.35. The van der Waals surface area contributed by atoms with E-state index in [0.29, 0.717) is 11.4 Å². The van der Waals surface area contributed by atoms with Gasteiger partial charge in [-0.1, -0.05) is 6.07 Å². The van der Waals surface area contributed by atoms with Crippen molar-refractivity contribution in [2.24, 2.45) is 0 Å². The molecule has 5 nitrogen and oxygen atoms in total. The number of sulfonamides is 1. The van der Waals surface area contributed by atoms with Crippen LogP contribution in [0.2, 0.25) is 0 Å². The topological polar surface area (TPSA) is 81.4 Å².